The van der Waals surface area contributed by atoms with Crippen LogP contribution in [-0.2, 0) is 14.4 Å². The van der Waals surface area contributed by atoms with Crippen molar-refractivity contribution in [1.29, 1.82) is 0 Å². The summed E-state index contributed by atoms with van der Waals surface area (Å²) >= 11 is 0. The summed E-state index contributed by atoms with van der Waals surface area (Å²) in [6.45, 7) is 19.7. The topological polar surface area (TPSA) is 51.2 Å². The second-order valence-corrected chi connectivity index (χ2v) is 16.0. The van der Waals surface area contributed by atoms with E-state index in [1.165, 1.54) is 45.4 Å². The largest absolute Gasteiger partial charge is 0.299 e. The van der Waals surface area contributed by atoms with Crippen LogP contribution in [-0.4, -0.2) is 17.3 Å². The summed E-state index contributed by atoms with van der Waals surface area (Å²) in [6.07, 6.45) is 10.7. The summed E-state index contributed by atoms with van der Waals surface area (Å²) in [5, 5.41) is 0. The van der Waals surface area contributed by atoms with Crippen LogP contribution in [0.25, 0.3) is 0 Å². The lowest BCUT2D eigenvalue weighted by Gasteiger charge is -2.67. The maximum Gasteiger partial charge on any atom is 0.173 e. The van der Waals surface area contributed by atoms with E-state index < -0.39 is 5.41 Å². The van der Waals surface area contributed by atoms with Crippen LogP contribution in [0.4, 0.5) is 0 Å². The maximum atomic E-state index is 14.7. The van der Waals surface area contributed by atoms with Crippen molar-refractivity contribution in [2.75, 3.05) is 0 Å². The fraction of sp³-hybridized carbons (Fsp3) is 0.857. The Morgan fingerprint density at radius 3 is 2.29 bits per heavy atom. The molecule has 4 fully saturated rings. The SMILES string of the molecule is CC(=O)C1=C(C)CC2(C)CC3(C)CC4C(C5CCCC(C(C)C)C5)CCC(C)C4C(=O)C3C(C)C2(C)C1=O. The van der Waals surface area contributed by atoms with Gasteiger partial charge in [-0.25, -0.2) is 0 Å². The number of Topliss-reactive ketones (excluding diaryl/α,β-unsaturated/α-hetero) is 3. The molecule has 0 amide bonds. The van der Waals surface area contributed by atoms with Crippen molar-refractivity contribution < 1.29 is 14.4 Å². The van der Waals surface area contributed by atoms with E-state index in [-0.39, 0.29) is 40.2 Å². The van der Waals surface area contributed by atoms with Gasteiger partial charge in [0.05, 0.1) is 5.57 Å². The zero-order chi connectivity index (χ0) is 27.9. The number of hydrogen-bond donors (Lipinski definition) is 0. The summed E-state index contributed by atoms with van der Waals surface area (Å²) in [6, 6.07) is 0. The predicted octanol–water partition coefficient (Wildman–Crippen LogP) is 8.25. The van der Waals surface area contributed by atoms with Crippen LogP contribution in [0.5, 0.6) is 0 Å². The zero-order valence-electron chi connectivity index (χ0n) is 25.8. The molecule has 0 heterocycles. The highest BCUT2D eigenvalue weighted by Gasteiger charge is 2.69. The molecule has 0 spiro atoms. The van der Waals surface area contributed by atoms with E-state index in [0.717, 1.165) is 42.6 Å². The van der Waals surface area contributed by atoms with E-state index in [1.54, 1.807) is 0 Å². The van der Waals surface area contributed by atoms with Crippen molar-refractivity contribution in [2.24, 2.45) is 69.5 Å². The Hall–Kier alpha value is -1.25. The van der Waals surface area contributed by atoms with E-state index in [4.69, 9.17) is 0 Å². The molecule has 11 atom stereocenters. The summed E-state index contributed by atoms with van der Waals surface area (Å²) < 4.78 is 0. The van der Waals surface area contributed by atoms with Crippen LogP contribution in [0.2, 0.25) is 0 Å². The molecule has 3 nitrogen and oxygen atoms in total. The molecule has 0 saturated heterocycles. The molecule has 0 N–H and O–H groups in total. The van der Waals surface area contributed by atoms with Crippen molar-refractivity contribution in [1.82, 2.24) is 0 Å². The van der Waals surface area contributed by atoms with Crippen LogP contribution in [0.15, 0.2) is 11.1 Å². The Bertz CT molecular complexity index is 1050. The number of allylic oxidation sites excluding steroid dienone is 2. The molecule has 0 radical (unpaired) electrons. The minimum Gasteiger partial charge on any atom is -0.299 e. The van der Waals surface area contributed by atoms with Gasteiger partial charge in [-0.2, -0.15) is 0 Å². The fourth-order valence-electron chi connectivity index (χ4n) is 11.7. The second kappa shape index (κ2) is 9.41. The first-order valence-corrected chi connectivity index (χ1v) is 16.0. The van der Waals surface area contributed by atoms with Gasteiger partial charge in [0.25, 0.3) is 0 Å². The summed E-state index contributed by atoms with van der Waals surface area (Å²) in [4.78, 5) is 41.5. The first-order valence-electron chi connectivity index (χ1n) is 16.0. The third kappa shape index (κ3) is 3.90. The van der Waals surface area contributed by atoms with E-state index in [1.807, 2.05) is 6.92 Å². The highest BCUT2D eigenvalue weighted by Crippen LogP contribution is 2.71. The Morgan fingerprint density at radius 2 is 1.66 bits per heavy atom. The summed E-state index contributed by atoms with van der Waals surface area (Å²) in [5.74, 6) is 4.33. The third-order valence-electron chi connectivity index (χ3n) is 13.6. The van der Waals surface area contributed by atoms with Crippen molar-refractivity contribution in [2.45, 2.75) is 120 Å². The minimum absolute atomic E-state index is 0.0113. The first kappa shape index (κ1) is 28.3. The molecule has 5 aliphatic carbocycles. The second-order valence-electron chi connectivity index (χ2n) is 16.0. The van der Waals surface area contributed by atoms with Crippen LogP contribution < -0.4 is 0 Å². The van der Waals surface area contributed by atoms with Gasteiger partial charge in [0.1, 0.15) is 5.78 Å². The van der Waals surface area contributed by atoms with Crippen LogP contribution in [0.1, 0.15) is 120 Å². The lowest BCUT2D eigenvalue weighted by atomic mass is 9.35. The van der Waals surface area contributed by atoms with E-state index in [9.17, 15) is 14.4 Å². The van der Waals surface area contributed by atoms with Gasteiger partial charge in [-0.15, -0.1) is 0 Å². The zero-order valence-corrected chi connectivity index (χ0v) is 25.8. The number of carbonyl (C=O) groups is 3. The number of ketones is 3. The third-order valence-corrected chi connectivity index (χ3v) is 13.6. The lowest BCUT2D eigenvalue weighted by Crippen LogP contribution is -2.66. The first-order chi connectivity index (χ1) is 17.7. The predicted molar refractivity (Wildman–Crippen MR) is 153 cm³/mol. The van der Waals surface area contributed by atoms with E-state index in [2.05, 4.69) is 48.5 Å². The molecule has 0 aliphatic heterocycles. The molecule has 0 bridgehead atoms. The lowest BCUT2D eigenvalue weighted by molar-refractivity contribution is -0.190. The van der Waals surface area contributed by atoms with E-state index >= 15 is 0 Å². The fourth-order valence-corrected chi connectivity index (χ4v) is 11.7. The summed E-state index contributed by atoms with van der Waals surface area (Å²) in [5.41, 5.74) is 0.397. The highest BCUT2D eigenvalue weighted by molar-refractivity contribution is 6.22. The number of rotatable bonds is 3. The quantitative estimate of drug-likeness (QED) is 0.351. The molecule has 0 aromatic rings. The average Bonchev–Trinajstić information content (AvgIpc) is 2.81. The Kier molecular flexibility index (Phi) is 7.00. The van der Waals surface area contributed by atoms with E-state index in [0.29, 0.717) is 29.1 Å². The maximum absolute atomic E-state index is 14.7. The van der Waals surface area contributed by atoms with Gasteiger partial charge in [-0.05, 0) is 105 Å². The molecule has 3 heteroatoms. The smallest absolute Gasteiger partial charge is 0.173 e. The molecular weight excluding hydrogens is 468 g/mol. The Labute approximate surface area is 232 Å². The minimum atomic E-state index is -0.675. The molecule has 5 rings (SSSR count). The van der Waals surface area contributed by atoms with Gasteiger partial charge in [-0.3, -0.25) is 14.4 Å². The number of hydrogen-bond acceptors (Lipinski definition) is 3. The molecule has 0 aromatic heterocycles. The van der Waals surface area contributed by atoms with Gasteiger partial charge in [0, 0.05) is 17.3 Å². The monoisotopic (exact) mass is 522 g/mol. The Balaban J connectivity index is 1.53. The molecule has 0 aromatic carbocycles. The molecule has 4 saturated carbocycles. The molecule has 212 valence electrons. The van der Waals surface area contributed by atoms with Gasteiger partial charge < -0.3 is 0 Å². The van der Waals surface area contributed by atoms with Gasteiger partial charge in [0.2, 0.25) is 0 Å². The molecule has 38 heavy (non-hydrogen) atoms. The molecular formula is C35H54O3. The van der Waals surface area contributed by atoms with Crippen molar-refractivity contribution in [3.8, 4) is 0 Å². The number of fused-ring (bicyclic) bond motifs is 3. The van der Waals surface area contributed by atoms with Crippen molar-refractivity contribution >= 4 is 17.3 Å². The van der Waals surface area contributed by atoms with Crippen molar-refractivity contribution in [3.63, 3.8) is 0 Å². The van der Waals surface area contributed by atoms with Gasteiger partial charge in [0.15, 0.2) is 11.6 Å². The van der Waals surface area contributed by atoms with Crippen LogP contribution in [0.3, 0.4) is 0 Å². The average molecular weight is 523 g/mol. The van der Waals surface area contributed by atoms with Crippen LogP contribution in [0, 0.1) is 69.5 Å². The standard InChI is InChI=1S/C35H54O3/c1-19(2)24-11-10-12-25(15-24)26-14-13-20(3)29-27(26)17-33(7)18-34(8)16-21(4)28(23(6)36)32(38)35(34,9)22(5)30(33)31(29)37/h19-20,22,24-27,29-30H,10-18H2,1-9H3. The van der Waals surface area contributed by atoms with Crippen molar-refractivity contribution in [3.05, 3.63) is 11.1 Å². The molecule has 5 aliphatic rings. The molecule has 11 unspecified atom stereocenters. The number of carbonyl (C=O) groups excluding carboxylic acids is 3. The van der Waals surface area contributed by atoms with Crippen LogP contribution >= 0.6 is 0 Å². The van der Waals surface area contributed by atoms with Gasteiger partial charge >= 0.3 is 0 Å². The Morgan fingerprint density at radius 1 is 0.974 bits per heavy atom. The highest BCUT2D eigenvalue weighted by atomic mass is 16.2. The summed E-state index contributed by atoms with van der Waals surface area (Å²) in [7, 11) is 0. The normalized spacial score (nSPS) is 49.4. The van der Waals surface area contributed by atoms with Gasteiger partial charge in [-0.1, -0.05) is 73.3 Å².